The molecule has 2 N–H and O–H groups in total. The normalized spacial score (nSPS) is 27.1. The molecule has 2 aliphatic heterocycles. The number of carbonyl (C=O) groups excluding carboxylic acids is 1. The van der Waals surface area contributed by atoms with Crippen molar-refractivity contribution in [1.29, 1.82) is 0 Å². The third-order valence-corrected chi connectivity index (χ3v) is 3.23. The quantitative estimate of drug-likeness (QED) is 0.744. The molecule has 0 aliphatic carbocycles. The van der Waals surface area contributed by atoms with E-state index in [0.29, 0.717) is 25.6 Å². The highest BCUT2D eigenvalue weighted by Crippen LogP contribution is 2.37. The highest BCUT2D eigenvalue weighted by Gasteiger charge is 2.51. The minimum Gasteiger partial charge on any atom is -0.444 e. The van der Waals surface area contributed by atoms with Crippen LogP contribution in [0.3, 0.4) is 0 Å². The van der Waals surface area contributed by atoms with Crippen LogP contribution in [0.4, 0.5) is 4.79 Å². The number of ether oxygens (including phenoxy) is 2. The van der Waals surface area contributed by atoms with Crippen LogP contribution in [0.5, 0.6) is 0 Å². The summed E-state index contributed by atoms with van der Waals surface area (Å²) in [6, 6.07) is 0. The molecule has 0 radical (unpaired) electrons. The van der Waals surface area contributed by atoms with Crippen LogP contribution in [0.25, 0.3) is 0 Å². The number of hydrogen-bond donors (Lipinski definition) is 1. The molecule has 5 nitrogen and oxygen atoms in total. The minimum absolute atomic E-state index is 0.138. The number of likely N-dealkylation sites (tertiary alicyclic amines) is 1. The zero-order valence-corrected chi connectivity index (χ0v) is 10.9. The molecular weight excluding hydrogens is 220 g/mol. The zero-order valence-electron chi connectivity index (χ0n) is 10.9. The number of rotatable bonds is 1. The van der Waals surface area contributed by atoms with E-state index in [9.17, 15) is 4.79 Å². The zero-order chi connectivity index (χ0) is 12.7. The third kappa shape index (κ3) is 2.72. The summed E-state index contributed by atoms with van der Waals surface area (Å²) in [7, 11) is 0. The standard InChI is InChI=1S/C12H22N2O3/c1-11(2,3)17-10(15)14-7-12(8-14)4-9(5-13)6-16-12/h9H,4-8,13H2,1-3H3/t9-/m1/s1. The summed E-state index contributed by atoms with van der Waals surface area (Å²) >= 11 is 0. The fourth-order valence-corrected chi connectivity index (χ4v) is 2.42. The molecule has 1 amide bonds. The van der Waals surface area contributed by atoms with Crippen LogP contribution in [0.15, 0.2) is 0 Å². The lowest BCUT2D eigenvalue weighted by molar-refractivity contribution is -0.109. The lowest BCUT2D eigenvalue weighted by atomic mass is 9.87. The van der Waals surface area contributed by atoms with E-state index in [1.54, 1.807) is 4.90 Å². The number of nitrogens with two attached hydrogens (primary N) is 1. The van der Waals surface area contributed by atoms with Crippen molar-refractivity contribution >= 4 is 6.09 Å². The molecule has 0 aromatic heterocycles. The van der Waals surface area contributed by atoms with Crippen molar-refractivity contribution in [2.24, 2.45) is 11.7 Å². The second-order valence-electron chi connectivity index (χ2n) is 6.14. The van der Waals surface area contributed by atoms with Gasteiger partial charge in [0.15, 0.2) is 0 Å². The molecule has 2 aliphatic rings. The summed E-state index contributed by atoms with van der Waals surface area (Å²) < 4.78 is 11.1. The molecule has 2 saturated heterocycles. The van der Waals surface area contributed by atoms with Crippen molar-refractivity contribution in [3.8, 4) is 0 Å². The number of nitrogens with zero attached hydrogens (tertiary/aromatic N) is 1. The molecule has 2 rings (SSSR count). The monoisotopic (exact) mass is 242 g/mol. The first kappa shape index (κ1) is 12.6. The van der Waals surface area contributed by atoms with E-state index in [1.807, 2.05) is 20.8 Å². The van der Waals surface area contributed by atoms with Gasteiger partial charge >= 0.3 is 6.09 Å². The summed E-state index contributed by atoms with van der Waals surface area (Å²) in [6.07, 6.45) is 0.714. The van der Waals surface area contributed by atoms with E-state index in [1.165, 1.54) is 0 Å². The van der Waals surface area contributed by atoms with Crippen molar-refractivity contribution < 1.29 is 14.3 Å². The third-order valence-electron chi connectivity index (χ3n) is 3.23. The van der Waals surface area contributed by atoms with E-state index in [0.717, 1.165) is 13.0 Å². The highest BCUT2D eigenvalue weighted by molar-refractivity contribution is 5.69. The average molecular weight is 242 g/mol. The van der Waals surface area contributed by atoms with Crippen molar-refractivity contribution in [1.82, 2.24) is 4.90 Å². The van der Waals surface area contributed by atoms with Gasteiger partial charge in [0.05, 0.1) is 19.7 Å². The Morgan fingerprint density at radius 3 is 2.65 bits per heavy atom. The summed E-state index contributed by atoms with van der Waals surface area (Å²) in [6.45, 7) is 8.27. The predicted molar refractivity (Wildman–Crippen MR) is 63.7 cm³/mol. The smallest absolute Gasteiger partial charge is 0.410 e. The van der Waals surface area contributed by atoms with Crippen LogP contribution in [-0.2, 0) is 9.47 Å². The molecule has 2 heterocycles. The molecule has 1 spiro atoms. The molecule has 0 saturated carbocycles. The van der Waals surface area contributed by atoms with Crippen molar-refractivity contribution in [2.45, 2.75) is 38.4 Å². The van der Waals surface area contributed by atoms with Gasteiger partial charge in [0, 0.05) is 0 Å². The van der Waals surface area contributed by atoms with E-state index in [2.05, 4.69) is 0 Å². The summed E-state index contributed by atoms with van der Waals surface area (Å²) in [5.74, 6) is 0.441. The lowest BCUT2D eigenvalue weighted by Crippen LogP contribution is -2.63. The second-order valence-corrected chi connectivity index (χ2v) is 6.14. The van der Waals surface area contributed by atoms with E-state index < -0.39 is 5.60 Å². The fourth-order valence-electron chi connectivity index (χ4n) is 2.42. The van der Waals surface area contributed by atoms with Gasteiger partial charge < -0.3 is 20.1 Å². The molecule has 0 aromatic rings. The predicted octanol–water partition coefficient (Wildman–Crippen LogP) is 0.971. The summed E-state index contributed by atoms with van der Waals surface area (Å²) in [4.78, 5) is 13.5. The summed E-state index contributed by atoms with van der Waals surface area (Å²) in [5.41, 5.74) is 5.05. The van der Waals surface area contributed by atoms with Gasteiger partial charge in [-0.2, -0.15) is 0 Å². The first-order valence-corrected chi connectivity index (χ1v) is 6.15. The Labute approximate surface area is 102 Å². The van der Waals surface area contributed by atoms with Crippen LogP contribution in [0, 0.1) is 5.92 Å². The molecule has 98 valence electrons. The van der Waals surface area contributed by atoms with Gasteiger partial charge in [0.1, 0.15) is 11.2 Å². The minimum atomic E-state index is -0.434. The van der Waals surface area contributed by atoms with E-state index >= 15 is 0 Å². The molecule has 17 heavy (non-hydrogen) atoms. The van der Waals surface area contributed by atoms with Gasteiger partial charge in [0.25, 0.3) is 0 Å². The van der Waals surface area contributed by atoms with Crippen LogP contribution in [0.1, 0.15) is 27.2 Å². The van der Waals surface area contributed by atoms with Crippen molar-refractivity contribution in [3.05, 3.63) is 0 Å². The topological polar surface area (TPSA) is 64.8 Å². The maximum absolute atomic E-state index is 11.8. The van der Waals surface area contributed by atoms with Gasteiger partial charge in [-0.1, -0.05) is 0 Å². The largest absolute Gasteiger partial charge is 0.444 e. The number of hydrogen-bond acceptors (Lipinski definition) is 4. The lowest BCUT2D eigenvalue weighted by Gasteiger charge is -2.47. The van der Waals surface area contributed by atoms with Crippen LogP contribution >= 0.6 is 0 Å². The molecule has 0 bridgehead atoms. The molecule has 0 aromatic carbocycles. The van der Waals surface area contributed by atoms with Gasteiger partial charge in [-0.05, 0) is 39.7 Å². The van der Waals surface area contributed by atoms with Crippen molar-refractivity contribution in [3.63, 3.8) is 0 Å². The molecule has 5 heteroatoms. The van der Waals surface area contributed by atoms with Crippen molar-refractivity contribution in [2.75, 3.05) is 26.2 Å². The average Bonchev–Trinajstić information content (AvgIpc) is 2.56. The van der Waals surface area contributed by atoms with Crippen LogP contribution < -0.4 is 5.73 Å². The van der Waals surface area contributed by atoms with E-state index in [-0.39, 0.29) is 11.7 Å². The number of carbonyl (C=O) groups is 1. The van der Waals surface area contributed by atoms with E-state index in [4.69, 9.17) is 15.2 Å². The Balaban J connectivity index is 1.81. The Morgan fingerprint density at radius 1 is 1.53 bits per heavy atom. The molecule has 1 atom stereocenters. The van der Waals surface area contributed by atoms with Crippen LogP contribution in [0.2, 0.25) is 0 Å². The first-order valence-electron chi connectivity index (χ1n) is 6.15. The fraction of sp³-hybridized carbons (Fsp3) is 0.917. The maximum atomic E-state index is 11.8. The first-order chi connectivity index (χ1) is 7.84. The van der Waals surface area contributed by atoms with Crippen LogP contribution in [-0.4, -0.2) is 48.4 Å². The van der Waals surface area contributed by atoms with Gasteiger partial charge in [-0.3, -0.25) is 0 Å². The molecule has 0 unspecified atom stereocenters. The van der Waals surface area contributed by atoms with Gasteiger partial charge in [-0.15, -0.1) is 0 Å². The Hall–Kier alpha value is -0.810. The SMILES string of the molecule is CC(C)(C)OC(=O)N1CC2(C[C@H](CN)CO2)C1. The Bertz CT molecular complexity index is 305. The second kappa shape index (κ2) is 4.14. The maximum Gasteiger partial charge on any atom is 0.410 e. The van der Waals surface area contributed by atoms with Gasteiger partial charge in [-0.25, -0.2) is 4.79 Å². The molecular formula is C12H22N2O3. The Kier molecular flexibility index (Phi) is 3.08. The highest BCUT2D eigenvalue weighted by atomic mass is 16.6. The summed E-state index contributed by atoms with van der Waals surface area (Å²) in [5, 5.41) is 0. The molecule has 2 fully saturated rings. The van der Waals surface area contributed by atoms with Gasteiger partial charge in [0.2, 0.25) is 0 Å². The Morgan fingerprint density at radius 2 is 2.18 bits per heavy atom. The number of amides is 1.